The van der Waals surface area contributed by atoms with E-state index in [0.29, 0.717) is 17.8 Å². The summed E-state index contributed by atoms with van der Waals surface area (Å²) in [5.74, 6) is -0.231. The van der Waals surface area contributed by atoms with Crippen molar-refractivity contribution in [1.29, 1.82) is 0 Å². The van der Waals surface area contributed by atoms with Crippen LogP contribution in [0.2, 0.25) is 0 Å². The van der Waals surface area contributed by atoms with Crippen LogP contribution in [-0.2, 0) is 21.2 Å². The van der Waals surface area contributed by atoms with Gasteiger partial charge in [-0.05, 0) is 56.0 Å². The highest BCUT2D eigenvalue weighted by Gasteiger charge is 2.30. The highest BCUT2D eigenvalue weighted by Crippen LogP contribution is 2.34. The van der Waals surface area contributed by atoms with Crippen molar-refractivity contribution in [2.45, 2.75) is 38.5 Å². The molecular weight excluding hydrogens is 336 g/mol. The van der Waals surface area contributed by atoms with Gasteiger partial charge >= 0.3 is 0 Å². The van der Waals surface area contributed by atoms with Gasteiger partial charge in [-0.1, -0.05) is 23.8 Å². The zero-order chi connectivity index (χ0) is 18.2. The van der Waals surface area contributed by atoms with Crippen LogP contribution >= 0.6 is 0 Å². The lowest BCUT2D eigenvalue weighted by atomic mass is 10.0. The summed E-state index contributed by atoms with van der Waals surface area (Å²) in [6.07, 6.45) is 1.67. The van der Waals surface area contributed by atoms with E-state index in [1.807, 2.05) is 19.1 Å². The Morgan fingerprint density at radius 2 is 1.88 bits per heavy atom. The smallest absolute Gasteiger partial charge is 0.264 e. The maximum atomic E-state index is 13.3. The van der Waals surface area contributed by atoms with Crippen LogP contribution in [0.4, 0.5) is 11.4 Å². The van der Waals surface area contributed by atoms with Crippen LogP contribution in [0.3, 0.4) is 0 Å². The second-order valence-electron chi connectivity index (χ2n) is 6.47. The summed E-state index contributed by atoms with van der Waals surface area (Å²) >= 11 is 0. The summed E-state index contributed by atoms with van der Waals surface area (Å²) in [4.78, 5) is 11.5. The summed E-state index contributed by atoms with van der Waals surface area (Å²) in [5, 5.41) is 2.65. The topological polar surface area (TPSA) is 66.5 Å². The zero-order valence-corrected chi connectivity index (χ0v) is 15.5. The Balaban J connectivity index is 2.08. The molecule has 0 saturated carbocycles. The van der Waals surface area contributed by atoms with Crippen LogP contribution in [0.25, 0.3) is 0 Å². The molecule has 0 atom stereocenters. The number of amides is 1. The van der Waals surface area contributed by atoms with E-state index >= 15 is 0 Å². The molecular formula is C19H22N2O3S. The highest BCUT2D eigenvalue weighted by atomic mass is 32.2. The fraction of sp³-hybridized carbons (Fsp3) is 0.316. The number of carbonyl (C=O) groups is 1. The number of aryl methyl sites for hydroxylation is 3. The lowest BCUT2D eigenvalue weighted by molar-refractivity contribution is -0.114. The molecule has 2 aromatic rings. The van der Waals surface area contributed by atoms with E-state index in [1.165, 1.54) is 17.3 Å². The molecule has 0 unspecified atom stereocenters. The molecule has 5 nitrogen and oxygen atoms in total. The Hall–Kier alpha value is -2.34. The standard InChI is InChI=1S/C19H22N2O3S/c1-13-6-9-18-16(11-13)5-4-10-21(18)25(23,24)19-12-17(20-15(3)22)8-7-14(19)2/h6-9,11-12H,4-5,10H2,1-3H3,(H,20,22). The van der Waals surface area contributed by atoms with Gasteiger partial charge in [0.15, 0.2) is 0 Å². The van der Waals surface area contributed by atoms with Crippen molar-refractivity contribution < 1.29 is 13.2 Å². The predicted octanol–water partition coefficient (Wildman–Crippen LogP) is 3.40. The summed E-state index contributed by atoms with van der Waals surface area (Å²) < 4.78 is 28.1. The molecule has 132 valence electrons. The number of rotatable bonds is 3. The number of hydrogen-bond donors (Lipinski definition) is 1. The molecule has 2 aromatic carbocycles. The lowest BCUT2D eigenvalue weighted by Crippen LogP contribution is -2.36. The molecule has 1 N–H and O–H groups in total. The van der Waals surface area contributed by atoms with Crippen molar-refractivity contribution in [2.24, 2.45) is 0 Å². The molecule has 0 aromatic heterocycles. The Morgan fingerprint density at radius 1 is 1.12 bits per heavy atom. The molecule has 1 aliphatic heterocycles. The number of hydrogen-bond acceptors (Lipinski definition) is 3. The molecule has 0 fully saturated rings. The quantitative estimate of drug-likeness (QED) is 0.914. The van der Waals surface area contributed by atoms with Crippen molar-refractivity contribution in [2.75, 3.05) is 16.2 Å². The van der Waals surface area contributed by atoms with Gasteiger partial charge in [-0.2, -0.15) is 0 Å². The third-order valence-corrected chi connectivity index (χ3v) is 6.34. The first-order valence-electron chi connectivity index (χ1n) is 8.29. The van der Waals surface area contributed by atoms with Crippen LogP contribution in [0.5, 0.6) is 0 Å². The molecule has 1 heterocycles. The predicted molar refractivity (Wildman–Crippen MR) is 99.5 cm³/mol. The minimum absolute atomic E-state index is 0.229. The lowest BCUT2D eigenvalue weighted by Gasteiger charge is -2.31. The third-order valence-electron chi connectivity index (χ3n) is 4.39. The summed E-state index contributed by atoms with van der Waals surface area (Å²) in [6.45, 7) is 5.64. The largest absolute Gasteiger partial charge is 0.326 e. The van der Waals surface area contributed by atoms with Crippen LogP contribution in [0.1, 0.15) is 30.0 Å². The van der Waals surface area contributed by atoms with Crippen molar-refractivity contribution in [3.05, 3.63) is 53.1 Å². The van der Waals surface area contributed by atoms with Crippen molar-refractivity contribution in [3.63, 3.8) is 0 Å². The Labute approximate surface area is 148 Å². The summed E-state index contributed by atoms with van der Waals surface area (Å²) in [6, 6.07) is 10.8. The molecule has 1 aliphatic rings. The van der Waals surface area contributed by atoms with Crippen LogP contribution < -0.4 is 9.62 Å². The van der Waals surface area contributed by atoms with Crippen LogP contribution in [-0.4, -0.2) is 20.9 Å². The first-order chi connectivity index (χ1) is 11.8. The SMILES string of the molecule is CC(=O)Nc1ccc(C)c(S(=O)(=O)N2CCCc3cc(C)ccc32)c1. The van der Waals surface area contributed by atoms with Crippen LogP contribution in [0.15, 0.2) is 41.3 Å². The second kappa shape index (κ2) is 6.52. The molecule has 0 aliphatic carbocycles. The third kappa shape index (κ3) is 3.39. The van der Waals surface area contributed by atoms with Gasteiger partial charge in [0.05, 0.1) is 10.6 Å². The van der Waals surface area contributed by atoms with E-state index < -0.39 is 10.0 Å². The van der Waals surface area contributed by atoms with Gasteiger partial charge in [-0.25, -0.2) is 8.42 Å². The van der Waals surface area contributed by atoms with Gasteiger partial charge in [-0.3, -0.25) is 9.10 Å². The number of nitrogens with zero attached hydrogens (tertiary/aromatic N) is 1. The Kier molecular flexibility index (Phi) is 4.56. The van der Waals surface area contributed by atoms with E-state index in [2.05, 4.69) is 11.4 Å². The van der Waals surface area contributed by atoms with Gasteiger partial charge < -0.3 is 5.32 Å². The van der Waals surface area contributed by atoms with Crippen LogP contribution in [0, 0.1) is 13.8 Å². The number of anilines is 2. The van der Waals surface area contributed by atoms with E-state index in [0.717, 1.165) is 29.7 Å². The van der Waals surface area contributed by atoms with Crippen molar-refractivity contribution >= 4 is 27.3 Å². The number of nitrogens with one attached hydrogen (secondary N) is 1. The first kappa shape index (κ1) is 17.5. The number of carbonyl (C=O) groups excluding carboxylic acids is 1. The minimum atomic E-state index is -3.70. The van der Waals surface area contributed by atoms with Gasteiger partial charge in [0.25, 0.3) is 10.0 Å². The van der Waals surface area contributed by atoms with Gasteiger partial charge in [-0.15, -0.1) is 0 Å². The van der Waals surface area contributed by atoms with Gasteiger partial charge in [0, 0.05) is 19.2 Å². The van der Waals surface area contributed by atoms with E-state index in [-0.39, 0.29) is 10.8 Å². The molecule has 3 rings (SSSR count). The molecule has 0 radical (unpaired) electrons. The summed E-state index contributed by atoms with van der Waals surface area (Å²) in [7, 11) is -3.70. The average Bonchev–Trinajstić information content (AvgIpc) is 2.55. The van der Waals surface area contributed by atoms with E-state index in [4.69, 9.17) is 0 Å². The van der Waals surface area contributed by atoms with Crippen molar-refractivity contribution in [1.82, 2.24) is 0 Å². The zero-order valence-electron chi connectivity index (χ0n) is 14.7. The minimum Gasteiger partial charge on any atom is -0.326 e. The molecule has 0 saturated heterocycles. The molecule has 6 heteroatoms. The maximum Gasteiger partial charge on any atom is 0.264 e. The average molecular weight is 358 g/mol. The number of benzene rings is 2. The van der Waals surface area contributed by atoms with Crippen molar-refractivity contribution in [3.8, 4) is 0 Å². The maximum absolute atomic E-state index is 13.3. The van der Waals surface area contributed by atoms with E-state index in [1.54, 1.807) is 19.1 Å². The molecule has 1 amide bonds. The molecule has 25 heavy (non-hydrogen) atoms. The van der Waals surface area contributed by atoms with E-state index in [9.17, 15) is 13.2 Å². The monoisotopic (exact) mass is 358 g/mol. The summed E-state index contributed by atoms with van der Waals surface area (Å²) in [5.41, 5.74) is 4.08. The fourth-order valence-corrected chi connectivity index (χ4v) is 5.01. The number of fused-ring (bicyclic) bond motifs is 1. The highest BCUT2D eigenvalue weighted by molar-refractivity contribution is 7.92. The van der Waals surface area contributed by atoms with Gasteiger partial charge in [0.1, 0.15) is 0 Å². The molecule has 0 bridgehead atoms. The second-order valence-corrected chi connectivity index (χ2v) is 8.31. The Morgan fingerprint density at radius 3 is 2.60 bits per heavy atom. The Bertz CT molecular complexity index is 936. The number of sulfonamides is 1. The first-order valence-corrected chi connectivity index (χ1v) is 9.73. The van der Waals surface area contributed by atoms with Gasteiger partial charge in [0.2, 0.25) is 5.91 Å². The normalized spacial score (nSPS) is 14.1. The fourth-order valence-electron chi connectivity index (χ4n) is 3.22. The molecule has 0 spiro atoms.